The average Bonchev–Trinajstić information content (AvgIpc) is 2.61. The molecule has 18 heavy (non-hydrogen) atoms. The first-order chi connectivity index (χ1) is 8.65. The zero-order valence-corrected chi connectivity index (χ0v) is 10.9. The summed E-state index contributed by atoms with van der Waals surface area (Å²) in [5, 5.41) is 2.51. The Morgan fingerprint density at radius 3 is 2.50 bits per heavy atom. The largest absolute Gasteiger partial charge is 0.337 e. The molecule has 2 aliphatic heterocycles. The first-order valence-corrected chi connectivity index (χ1v) is 6.27. The molecule has 1 aromatic heterocycles. The van der Waals surface area contributed by atoms with Crippen LogP contribution in [0, 0.1) is 0 Å². The van der Waals surface area contributed by atoms with Crippen molar-refractivity contribution in [3.8, 4) is 0 Å². The Bertz CT molecular complexity index is 483. The molecule has 7 nitrogen and oxygen atoms in total. The third-order valence-electron chi connectivity index (χ3n) is 3.00. The molecule has 1 aromatic rings. The minimum atomic E-state index is -0.304. The van der Waals surface area contributed by atoms with Gasteiger partial charge in [0, 0.05) is 25.5 Å². The molecule has 0 radical (unpaired) electrons. The minimum absolute atomic E-state index is 0.0766. The molecular formula is C10H10BrN5O2. The Morgan fingerprint density at radius 1 is 1.28 bits per heavy atom. The van der Waals surface area contributed by atoms with Crippen molar-refractivity contribution in [2.24, 2.45) is 0 Å². The molecule has 2 saturated heterocycles. The van der Waals surface area contributed by atoms with E-state index >= 15 is 0 Å². The third kappa shape index (κ3) is 1.82. The summed E-state index contributed by atoms with van der Waals surface area (Å²) in [6, 6.07) is -0.381. The van der Waals surface area contributed by atoms with Gasteiger partial charge in [-0.25, -0.2) is 14.8 Å². The van der Waals surface area contributed by atoms with Crippen molar-refractivity contribution in [2.45, 2.75) is 6.04 Å². The van der Waals surface area contributed by atoms with Crippen molar-refractivity contribution in [3.05, 3.63) is 16.9 Å². The number of carbonyl (C=O) groups is 2. The molecule has 0 unspecified atom stereocenters. The van der Waals surface area contributed by atoms with Gasteiger partial charge in [-0.3, -0.25) is 9.69 Å². The van der Waals surface area contributed by atoms with Crippen LogP contribution in [0.5, 0.6) is 0 Å². The summed E-state index contributed by atoms with van der Waals surface area (Å²) in [4.78, 5) is 34.5. The maximum Gasteiger partial charge on any atom is 0.324 e. The van der Waals surface area contributed by atoms with Crippen LogP contribution in [0.25, 0.3) is 0 Å². The number of imide groups is 1. The maximum atomic E-state index is 11.5. The van der Waals surface area contributed by atoms with E-state index in [0.717, 1.165) is 4.47 Å². The number of carbonyl (C=O) groups excluding carboxylic acids is 2. The Morgan fingerprint density at radius 2 is 1.94 bits per heavy atom. The number of aromatic nitrogens is 2. The van der Waals surface area contributed by atoms with Gasteiger partial charge in [0.1, 0.15) is 0 Å². The van der Waals surface area contributed by atoms with Crippen molar-refractivity contribution in [1.82, 2.24) is 20.2 Å². The highest BCUT2D eigenvalue weighted by Crippen LogP contribution is 2.22. The predicted molar refractivity (Wildman–Crippen MR) is 66.0 cm³/mol. The highest BCUT2D eigenvalue weighted by atomic mass is 79.9. The lowest BCUT2D eigenvalue weighted by Gasteiger charge is -2.42. The summed E-state index contributed by atoms with van der Waals surface area (Å²) < 4.78 is 0.817. The summed E-state index contributed by atoms with van der Waals surface area (Å²) in [6.45, 7) is 1.27. The quantitative estimate of drug-likeness (QED) is 0.777. The smallest absolute Gasteiger partial charge is 0.324 e. The molecule has 0 aromatic carbocycles. The predicted octanol–water partition coefficient (Wildman–Crippen LogP) is -0.0205. The fourth-order valence-corrected chi connectivity index (χ4v) is 2.26. The molecule has 0 saturated carbocycles. The van der Waals surface area contributed by atoms with Gasteiger partial charge >= 0.3 is 6.03 Å². The number of anilines is 1. The molecule has 0 spiro atoms. The summed E-state index contributed by atoms with van der Waals surface area (Å²) in [6.07, 6.45) is 3.34. The highest BCUT2D eigenvalue weighted by molar-refractivity contribution is 9.10. The van der Waals surface area contributed by atoms with Crippen molar-refractivity contribution in [2.75, 3.05) is 24.5 Å². The van der Waals surface area contributed by atoms with Crippen LogP contribution in [0.4, 0.5) is 10.7 Å². The zero-order valence-electron chi connectivity index (χ0n) is 9.34. The van der Waals surface area contributed by atoms with E-state index in [4.69, 9.17) is 0 Å². The van der Waals surface area contributed by atoms with Crippen LogP contribution >= 0.6 is 15.9 Å². The Labute approximate surface area is 111 Å². The van der Waals surface area contributed by atoms with Crippen LogP contribution in [0.15, 0.2) is 16.9 Å². The fraction of sp³-hybridized carbons (Fsp3) is 0.400. The first kappa shape index (κ1) is 11.4. The van der Waals surface area contributed by atoms with Gasteiger partial charge in [0.2, 0.25) is 11.9 Å². The van der Waals surface area contributed by atoms with Gasteiger partial charge in [0.15, 0.2) is 0 Å². The van der Waals surface area contributed by atoms with E-state index in [-0.39, 0.29) is 24.5 Å². The lowest BCUT2D eigenvalue weighted by Crippen LogP contribution is -2.61. The molecule has 94 valence electrons. The molecule has 2 fully saturated rings. The number of nitrogens with one attached hydrogen (secondary N) is 1. The molecule has 3 amide bonds. The van der Waals surface area contributed by atoms with E-state index in [1.54, 1.807) is 12.4 Å². The van der Waals surface area contributed by atoms with Crippen LogP contribution < -0.4 is 10.2 Å². The number of urea groups is 1. The molecule has 3 heterocycles. The lowest BCUT2D eigenvalue weighted by atomic mass is 10.1. The second-order valence-corrected chi connectivity index (χ2v) is 5.10. The molecule has 0 aliphatic carbocycles. The maximum absolute atomic E-state index is 11.5. The number of amides is 3. The van der Waals surface area contributed by atoms with Crippen LogP contribution in [0.2, 0.25) is 0 Å². The topological polar surface area (TPSA) is 78.4 Å². The van der Waals surface area contributed by atoms with Gasteiger partial charge in [-0.05, 0) is 15.9 Å². The van der Waals surface area contributed by atoms with Crippen LogP contribution in [-0.2, 0) is 4.79 Å². The molecule has 0 bridgehead atoms. The molecule has 3 rings (SSSR count). The second kappa shape index (κ2) is 4.20. The molecule has 8 heteroatoms. The van der Waals surface area contributed by atoms with E-state index in [0.29, 0.717) is 19.0 Å². The van der Waals surface area contributed by atoms with Crippen LogP contribution in [-0.4, -0.2) is 52.5 Å². The SMILES string of the molecule is O=C1CNC(=O)N1C1CN(c2ncc(Br)cn2)C1. The number of hydrogen-bond acceptors (Lipinski definition) is 5. The van der Waals surface area contributed by atoms with Crippen LogP contribution in [0.1, 0.15) is 0 Å². The highest BCUT2D eigenvalue weighted by Gasteiger charge is 2.42. The van der Waals surface area contributed by atoms with E-state index in [1.807, 2.05) is 4.90 Å². The van der Waals surface area contributed by atoms with Crippen molar-refractivity contribution >= 4 is 33.8 Å². The van der Waals surface area contributed by atoms with Gasteiger partial charge in [-0.2, -0.15) is 0 Å². The number of rotatable bonds is 2. The number of halogens is 1. The Balaban J connectivity index is 1.65. The normalized spacial score (nSPS) is 20.1. The molecular weight excluding hydrogens is 302 g/mol. The Kier molecular flexibility index (Phi) is 2.66. The monoisotopic (exact) mass is 311 g/mol. The Hall–Kier alpha value is -1.70. The third-order valence-corrected chi connectivity index (χ3v) is 3.40. The standard InChI is InChI=1S/C10H10BrN5O2/c11-6-1-12-9(13-2-6)15-4-7(5-15)16-8(17)3-14-10(16)18/h1-2,7H,3-5H2,(H,14,18). The molecule has 0 atom stereocenters. The zero-order chi connectivity index (χ0) is 12.7. The summed E-state index contributed by atoms with van der Waals surface area (Å²) in [7, 11) is 0. The fourth-order valence-electron chi connectivity index (χ4n) is 2.05. The summed E-state index contributed by atoms with van der Waals surface area (Å²) in [5.74, 6) is 0.447. The number of hydrogen-bond donors (Lipinski definition) is 1. The minimum Gasteiger partial charge on any atom is -0.337 e. The molecule has 2 aliphatic rings. The number of nitrogens with zero attached hydrogens (tertiary/aromatic N) is 4. The van der Waals surface area contributed by atoms with Crippen molar-refractivity contribution in [1.29, 1.82) is 0 Å². The lowest BCUT2D eigenvalue weighted by molar-refractivity contribution is -0.126. The summed E-state index contributed by atoms with van der Waals surface area (Å²) >= 11 is 3.27. The summed E-state index contributed by atoms with van der Waals surface area (Å²) in [5.41, 5.74) is 0. The van der Waals surface area contributed by atoms with Crippen molar-refractivity contribution in [3.63, 3.8) is 0 Å². The second-order valence-electron chi connectivity index (χ2n) is 4.18. The average molecular weight is 312 g/mol. The van der Waals surface area contributed by atoms with Gasteiger partial charge < -0.3 is 10.2 Å². The van der Waals surface area contributed by atoms with Crippen molar-refractivity contribution < 1.29 is 9.59 Å². The van der Waals surface area contributed by atoms with E-state index in [9.17, 15) is 9.59 Å². The molecule has 1 N–H and O–H groups in total. The first-order valence-electron chi connectivity index (χ1n) is 5.47. The van der Waals surface area contributed by atoms with E-state index in [1.165, 1.54) is 4.90 Å². The van der Waals surface area contributed by atoms with Gasteiger partial charge in [0.05, 0.1) is 17.1 Å². The van der Waals surface area contributed by atoms with Gasteiger partial charge in [0.25, 0.3) is 0 Å². The van der Waals surface area contributed by atoms with E-state index in [2.05, 4.69) is 31.2 Å². The van der Waals surface area contributed by atoms with E-state index < -0.39 is 0 Å². The van der Waals surface area contributed by atoms with Crippen LogP contribution in [0.3, 0.4) is 0 Å². The van der Waals surface area contributed by atoms with Gasteiger partial charge in [-0.15, -0.1) is 0 Å². The van der Waals surface area contributed by atoms with Gasteiger partial charge in [-0.1, -0.05) is 0 Å².